The maximum absolute atomic E-state index is 14.0. The Kier molecular flexibility index (Phi) is 4.89. The molecule has 1 aliphatic heterocycles. The van der Waals surface area contributed by atoms with Crippen LogP contribution in [0.1, 0.15) is 54.5 Å². The maximum Gasteiger partial charge on any atom is 0.310 e. The summed E-state index contributed by atoms with van der Waals surface area (Å²) in [6.45, 7) is 9.66. The van der Waals surface area contributed by atoms with Crippen LogP contribution in [0.25, 0.3) is 0 Å². The predicted molar refractivity (Wildman–Crippen MR) is 101 cm³/mol. The molecule has 1 N–H and O–H groups in total. The van der Waals surface area contributed by atoms with Gasteiger partial charge in [-0.25, -0.2) is 4.39 Å². The van der Waals surface area contributed by atoms with Crippen molar-refractivity contribution in [1.29, 1.82) is 0 Å². The van der Waals surface area contributed by atoms with Gasteiger partial charge in [-0.3, -0.25) is 4.79 Å². The minimum Gasteiger partial charge on any atom is -0.489 e. The number of hydrogen-bond acceptors (Lipinski definition) is 3. The Bertz CT molecular complexity index is 902. The number of ether oxygens (including phenoxy) is 2. The molecular weight excluding hydrogens is 347 g/mol. The number of halogens is 1. The zero-order valence-electron chi connectivity index (χ0n) is 16.4. The second-order valence-electron chi connectivity index (χ2n) is 7.83. The van der Waals surface area contributed by atoms with Gasteiger partial charge in [-0.1, -0.05) is 6.07 Å². The Morgan fingerprint density at radius 2 is 2.00 bits per heavy atom. The molecule has 144 valence electrons. The molecule has 0 fully saturated rings. The fourth-order valence-electron chi connectivity index (χ4n) is 3.58. The average Bonchev–Trinajstić information content (AvgIpc) is 2.89. The molecule has 2 aromatic rings. The van der Waals surface area contributed by atoms with Crippen molar-refractivity contribution in [3.8, 4) is 11.5 Å². The molecule has 5 heteroatoms. The number of fused-ring (bicyclic) bond motifs is 1. The van der Waals surface area contributed by atoms with Crippen LogP contribution in [0.4, 0.5) is 4.39 Å². The number of carboxylic acid groups (broad SMARTS) is 1. The normalized spacial score (nSPS) is 15.8. The Balaban J connectivity index is 1.85. The molecule has 0 aliphatic carbocycles. The van der Waals surface area contributed by atoms with Crippen molar-refractivity contribution in [2.24, 2.45) is 0 Å². The van der Waals surface area contributed by atoms with Gasteiger partial charge < -0.3 is 14.6 Å². The van der Waals surface area contributed by atoms with E-state index in [-0.39, 0.29) is 18.0 Å². The average molecular weight is 372 g/mol. The molecule has 0 amide bonds. The van der Waals surface area contributed by atoms with E-state index in [0.29, 0.717) is 17.9 Å². The molecule has 4 nitrogen and oxygen atoms in total. The van der Waals surface area contributed by atoms with Gasteiger partial charge in [-0.15, -0.1) is 0 Å². The van der Waals surface area contributed by atoms with Crippen molar-refractivity contribution in [2.45, 2.75) is 59.2 Å². The summed E-state index contributed by atoms with van der Waals surface area (Å²) < 4.78 is 25.8. The molecule has 0 saturated heterocycles. The van der Waals surface area contributed by atoms with E-state index in [9.17, 15) is 14.3 Å². The van der Waals surface area contributed by atoms with Crippen LogP contribution >= 0.6 is 0 Å². The van der Waals surface area contributed by atoms with E-state index < -0.39 is 11.9 Å². The number of hydrogen-bond donors (Lipinski definition) is 1. The number of aliphatic carboxylic acids is 1. The van der Waals surface area contributed by atoms with Gasteiger partial charge >= 0.3 is 5.97 Å². The zero-order valence-corrected chi connectivity index (χ0v) is 16.4. The molecule has 1 atom stereocenters. The lowest BCUT2D eigenvalue weighted by Crippen LogP contribution is -2.24. The highest BCUT2D eigenvalue weighted by atomic mass is 19.1. The Labute approximate surface area is 158 Å². The number of carboxylic acids is 1. The standard InChI is InChI=1S/C22H25FO4/c1-12-13(2)19(7-6-17(12)14(3)21(24)25)26-11-15-8-16(23)9-20-18(15)10-22(4,5)27-20/h6-9,14H,10-11H2,1-5H3,(H,24,25). The van der Waals surface area contributed by atoms with Crippen molar-refractivity contribution in [3.05, 3.63) is 57.9 Å². The quantitative estimate of drug-likeness (QED) is 0.809. The smallest absolute Gasteiger partial charge is 0.310 e. The number of benzene rings is 2. The monoisotopic (exact) mass is 372 g/mol. The molecular formula is C22H25FO4. The van der Waals surface area contributed by atoms with Crippen molar-refractivity contribution in [3.63, 3.8) is 0 Å². The second kappa shape index (κ2) is 6.87. The summed E-state index contributed by atoms with van der Waals surface area (Å²) in [7, 11) is 0. The molecule has 0 radical (unpaired) electrons. The molecule has 0 saturated carbocycles. The third-order valence-corrected chi connectivity index (χ3v) is 5.25. The lowest BCUT2D eigenvalue weighted by Gasteiger charge is -2.17. The van der Waals surface area contributed by atoms with Gasteiger partial charge in [0, 0.05) is 18.1 Å². The van der Waals surface area contributed by atoms with Crippen LogP contribution in [0, 0.1) is 19.7 Å². The van der Waals surface area contributed by atoms with E-state index in [1.165, 1.54) is 12.1 Å². The summed E-state index contributed by atoms with van der Waals surface area (Å²) in [6.07, 6.45) is 0.703. The van der Waals surface area contributed by atoms with Gasteiger partial charge in [-0.05, 0) is 69.0 Å². The first-order valence-corrected chi connectivity index (χ1v) is 9.05. The van der Waals surface area contributed by atoms with Crippen LogP contribution in [0.3, 0.4) is 0 Å². The van der Waals surface area contributed by atoms with Crippen LogP contribution in [0.2, 0.25) is 0 Å². The molecule has 3 rings (SSSR count). The van der Waals surface area contributed by atoms with Gasteiger partial charge in [0.05, 0.1) is 5.92 Å². The van der Waals surface area contributed by atoms with Crippen LogP contribution in [-0.2, 0) is 17.8 Å². The highest BCUT2D eigenvalue weighted by molar-refractivity contribution is 5.76. The Hall–Kier alpha value is -2.56. The van der Waals surface area contributed by atoms with E-state index in [1.54, 1.807) is 19.1 Å². The lowest BCUT2D eigenvalue weighted by atomic mass is 9.93. The summed E-state index contributed by atoms with van der Waals surface area (Å²) in [5.74, 6) is -0.529. The number of carbonyl (C=O) groups is 1. The van der Waals surface area contributed by atoms with Crippen molar-refractivity contribution >= 4 is 5.97 Å². The largest absolute Gasteiger partial charge is 0.489 e. The molecule has 0 bridgehead atoms. The first-order chi connectivity index (χ1) is 12.6. The topological polar surface area (TPSA) is 55.8 Å². The minimum absolute atomic E-state index is 0.230. The van der Waals surface area contributed by atoms with Crippen LogP contribution in [-0.4, -0.2) is 16.7 Å². The summed E-state index contributed by atoms with van der Waals surface area (Å²) in [5, 5.41) is 9.25. The lowest BCUT2D eigenvalue weighted by molar-refractivity contribution is -0.138. The summed E-state index contributed by atoms with van der Waals surface area (Å²) >= 11 is 0. The van der Waals surface area contributed by atoms with Crippen LogP contribution in [0.15, 0.2) is 24.3 Å². The predicted octanol–water partition coefficient (Wildman–Crippen LogP) is 4.92. The zero-order chi connectivity index (χ0) is 19.9. The van der Waals surface area contributed by atoms with Gasteiger partial charge in [0.1, 0.15) is 29.5 Å². The van der Waals surface area contributed by atoms with Crippen molar-refractivity contribution in [1.82, 2.24) is 0 Å². The van der Waals surface area contributed by atoms with E-state index >= 15 is 0 Å². The first-order valence-electron chi connectivity index (χ1n) is 9.05. The van der Waals surface area contributed by atoms with Gasteiger partial charge in [0.25, 0.3) is 0 Å². The Morgan fingerprint density at radius 1 is 1.30 bits per heavy atom. The van der Waals surface area contributed by atoms with E-state index in [4.69, 9.17) is 9.47 Å². The van der Waals surface area contributed by atoms with Crippen molar-refractivity contribution in [2.75, 3.05) is 0 Å². The Morgan fingerprint density at radius 3 is 2.67 bits per heavy atom. The molecule has 2 aromatic carbocycles. The summed E-state index contributed by atoms with van der Waals surface area (Å²) in [6, 6.07) is 6.49. The number of rotatable bonds is 5. The first kappa shape index (κ1) is 19.2. The summed E-state index contributed by atoms with van der Waals surface area (Å²) in [4.78, 5) is 11.3. The second-order valence-corrected chi connectivity index (χ2v) is 7.83. The summed E-state index contributed by atoms with van der Waals surface area (Å²) in [5.41, 5.74) is 3.96. The van der Waals surface area contributed by atoms with Crippen LogP contribution in [0.5, 0.6) is 11.5 Å². The molecule has 27 heavy (non-hydrogen) atoms. The van der Waals surface area contributed by atoms with Gasteiger partial charge in [0.2, 0.25) is 0 Å². The maximum atomic E-state index is 14.0. The highest BCUT2D eigenvalue weighted by Crippen LogP contribution is 2.38. The SMILES string of the molecule is Cc1c(OCc2cc(F)cc3c2CC(C)(C)O3)ccc(C(C)C(=O)O)c1C. The minimum atomic E-state index is -0.857. The third kappa shape index (κ3) is 3.77. The van der Waals surface area contributed by atoms with E-state index in [2.05, 4.69) is 0 Å². The fraction of sp³-hybridized carbons (Fsp3) is 0.409. The van der Waals surface area contributed by atoms with E-state index in [0.717, 1.165) is 27.8 Å². The molecule has 1 unspecified atom stereocenters. The van der Waals surface area contributed by atoms with Gasteiger partial charge in [0.15, 0.2) is 0 Å². The van der Waals surface area contributed by atoms with Crippen molar-refractivity contribution < 1.29 is 23.8 Å². The molecule has 0 aromatic heterocycles. The molecule has 0 spiro atoms. The van der Waals surface area contributed by atoms with E-state index in [1.807, 2.05) is 27.7 Å². The highest BCUT2D eigenvalue weighted by Gasteiger charge is 2.32. The molecule has 1 heterocycles. The molecule has 1 aliphatic rings. The van der Waals surface area contributed by atoms with Crippen LogP contribution < -0.4 is 9.47 Å². The fourth-order valence-corrected chi connectivity index (χ4v) is 3.58. The third-order valence-electron chi connectivity index (χ3n) is 5.25. The van der Waals surface area contributed by atoms with Gasteiger partial charge in [-0.2, -0.15) is 0 Å².